The summed E-state index contributed by atoms with van der Waals surface area (Å²) in [7, 11) is 0. The number of halogens is 3. The van der Waals surface area contributed by atoms with E-state index in [1.807, 2.05) is 28.6 Å². The minimum atomic E-state index is -4.74. The highest BCUT2D eigenvalue weighted by atomic mass is 32.2. The quantitative estimate of drug-likeness (QED) is 0.308. The molecule has 1 heterocycles. The number of anilines is 1. The Morgan fingerprint density at radius 3 is 2.43 bits per heavy atom. The maximum absolute atomic E-state index is 12.6. The van der Waals surface area contributed by atoms with E-state index in [0.29, 0.717) is 31.1 Å². The van der Waals surface area contributed by atoms with E-state index in [4.69, 9.17) is 5.21 Å². The number of alkyl halides is 3. The molecule has 1 aliphatic heterocycles. The molecule has 2 aromatic carbocycles. The van der Waals surface area contributed by atoms with Gasteiger partial charge in [-0.2, -0.15) is 0 Å². The van der Waals surface area contributed by atoms with Crippen LogP contribution in [0.5, 0.6) is 5.75 Å². The molecule has 0 unspecified atom stereocenters. The average Bonchev–Trinajstić information content (AvgIpc) is 2.73. The minimum absolute atomic E-state index is 0.213. The molecule has 30 heavy (non-hydrogen) atoms. The number of rotatable bonds is 6. The third kappa shape index (κ3) is 6.15. The van der Waals surface area contributed by atoms with E-state index < -0.39 is 12.3 Å². The molecule has 1 amide bonds. The molecule has 1 fully saturated rings. The van der Waals surface area contributed by atoms with Crippen LogP contribution >= 0.6 is 11.9 Å². The molecular weight excluding hydrogens is 419 g/mol. The number of hydroxylamine groups is 1. The van der Waals surface area contributed by atoms with E-state index in [-0.39, 0.29) is 5.75 Å². The second-order valence-electron chi connectivity index (χ2n) is 6.37. The Bertz CT molecular complexity index is 900. The molecule has 0 aliphatic carbocycles. The highest BCUT2D eigenvalue weighted by Gasteiger charge is 2.32. The summed E-state index contributed by atoms with van der Waals surface area (Å²) < 4.78 is 44.0. The zero-order valence-electron chi connectivity index (χ0n) is 15.8. The predicted molar refractivity (Wildman–Crippen MR) is 108 cm³/mol. The molecular formula is C20H20F3N3O3S. The van der Waals surface area contributed by atoms with Gasteiger partial charge in [0.15, 0.2) is 0 Å². The lowest BCUT2D eigenvalue weighted by Gasteiger charge is -2.36. The van der Waals surface area contributed by atoms with Crippen molar-refractivity contribution in [1.29, 1.82) is 0 Å². The number of hydrogen-bond acceptors (Lipinski definition) is 6. The maximum atomic E-state index is 12.6. The van der Waals surface area contributed by atoms with Gasteiger partial charge in [-0.15, -0.1) is 13.2 Å². The average molecular weight is 439 g/mol. The lowest BCUT2D eigenvalue weighted by Crippen LogP contribution is -2.43. The molecule has 1 aliphatic rings. The number of amides is 1. The summed E-state index contributed by atoms with van der Waals surface area (Å²) in [6, 6.07) is 13.6. The highest BCUT2D eigenvalue weighted by molar-refractivity contribution is 7.97. The van der Waals surface area contributed by atoms with Gasteiger partial charge in [0.2, 0.25) is 0 Å². The van der Waals surface area contributed by atoms with Gasteiger partial charge in [-0.3, -0.25) is 10.0 Å². The number of benzene rings is 2. The summed E-state index contributed by atoms with van der Waals surface area (Å²) in [6.07, 6.45) is -1.88. The van der Waals surface area contributed by atoms with E-state index in [9.17, 15) is 18.0 Å². The number of nitrogens with zero attached hydrogens (tertiary/aromatic N) is 2. The molecule has 10 heteroatoms. The predicted octanol–water partition coefficient (Wildman–Crippen LogP) is 3.93. The fourth-order valence-corrected chi connectivity index (χ4v) is 3.98. The van der Waals surface area contributed by atoms with Crippen molar-refractivity contribution in [2.24, 2.45) is 0 Å². The van der Waals surface area contributed by atoms with Gasteiger partial charge in [0.05, 0.1) is 4.90 Å². The Kier molecular flexibility index (Phi) is 7.24. The third-order valence-electron chi connectivity index (χ3n) is 4.34. The van der Waals surface area contributed by atoms with Crippen LogP contribution in [0.1, 0.15) is 5.56 Å². The number of carbonyl (C=O) groups is 1. The van der Waals surface area contributed by atoms with Gasteiger partial charge in [-0.1, -0.05) is 30.3 Å². The van der Waals surface area contributed by atoms with Crippen LogP contribution < -0.4 is 15.1 Å². The molecule has 0 atom stereocenters. The first-order valence-electron chi connectivity index (χ1n) is 9.09. The molecule has 0 saturated carbocycles. The number of ether oxygens (including phenoxy) is 1. The van der Waals surface area contributed by atoms with E-state index in [2.05, 4.69) is 9.64 Å². The monoisotopic (exact) mass is 439 g/mol. The molecule has 3 rings (SSSR count). The van der Waals surface area contributed by atoms with Gasteiger partial charge in [-0.05, 0) is 41.8 Å². The summed E-state index contributed by atoms with van der Waals surface area (Å²) in [6.45, 7) is 2.57. The van der Waals surface area contributed by atoms with Crippen LogP contribution in [0, 0.1) is 0 Å². The number of carbonyl (C=O) groups excluding carboxylic acids is 1. The van der Waals surface area contributed by atoms with Crippen molar-refractivity contribution in [2.75, 3.05) is 31.1 Å². The fourth-order valence-electron chi connectivity index (χ4n) is 3.01. The normalized spacial score (nSPS) is 15.4. The fraction of sp³-hybridized carbons (Fsp3) is 0.250. The van der Waals surface area contributed by atoms with E-state index >= 15 is 0 Å². The van der Waals surface area contributed by atoms with Crippen LogP contribution in [0.3, 0.4) is 0 Å². The van der Waals surface area contributed by atoms with Crippen LogP contribution in [-0.2, 0) is 4.79 Å². The first-order chi connectivity index (χ1) is 14.4. The second-order valence-corrected chi connectivity index (χ2v) is 7.51. The van der Waals surface area contributed by atoms with E-state index in [0.717, 1.165) is 11.3 Å². The summed E-state index contributed by atoms with van der Waals surface area (Å²) in [5.74, 6) is -0.833. The summed E-state index contributed by atoms with van der Waals surface area (Å²) in [4.78, 5) is 13.8. The maximum Gasteiger partial charge on any atom is 0.573 e. The molecule has 0 radical (unpaired) electrons. The summed E-state index contributed by atoms with van der Waals surface area (Å²) in [5, 5.41) is 8.62. The van der Waals surface area contributed by atoms with Crippen LogP contribution in [-0.4, -0.2) is 48.0 Å². The Labute approximate surface area is 176 Å². The third-order valence-corrected chi connectivity index (χ3v) is 5.50. The van der Waals surface area contributed by atoms with Crippen molar-refractivity contribution in [2.45, 2.75) is 11.3 Å². The smallest absolute Gasteiger partial charge is 0.405 e. The lowest BCUT2D eigenvalue weighted by atomic mass is 10.1. The van der Waals surface area contributed by atoms with Gasteiger partial charge in [0, 0.05) is 37.9 Å². The first kappa shape index (κ1) is 22.0. The minimum Gasteiger partial charge on any atom is -0.405 e. The molecule has 0 bridgehead atoms. The van der Waals surface area contributed by atoms with Crippen molar-refractivity contribution < 1.29 is 27.9 Å². The Morgan fingerprint density at radius 2 is 1.73 bits per heavy atom. The zero-order valence-corrected chi connectivity index (χ0v) is 16.6. The van der Waals surface area contributed by atoms with E-state index in [1.54, 1.807) is 23.7 Å². The van der Waals surface area contributed by atoms with Gasteiger partial charge in [0.25, 0.3) is 5.91 Å². The molecule has 1 saturated heterocycles. The topological polar surface area (TPSA) is 65.0 Å². The number of nitrogens with one attached hydrogen (secondary N) is 1. The van der Waals surface area contributed by atoms with Gasteiger partial charge >= 0.3 is 6.36 Å². The summed E-state index contributed by atoms with van der Waals surface area (Å²) >= 11 is 1.24. The molecule has 0 aromatic heterocycles. The molecule has 2 aromatic rings. The SMILES string of the molecule is O=C(/C=C/c1ccccc1N1CCN(Sc2ccccc2OC(F)(F)F)CC1)NO. The lowest BCUT2D eigenvalue weighted by molar-refractivity contribution is -0.275. The molecule has 2 N–H and O–H groups in total. The van der Waals surface area contributed by atoms with Crippen molar-refractivity contribution in [3.8, 4) is 5.75 Å². The van der Waals surface area contributed by atoms with Gasteiger partial charge in [-0.25, -0.2) is 9.79 Å². The van der Waals surface area contributed by atoms with Crippen molar-refractivity contribution >= 4 is 29.6 Å². The van der Waals surface area contributed by atoms with Crippen LogP contribution in [0.15, 0.2) is 59.5 Å². The van der Waals surface area contributed by atoms with Crippen LogP contribution in [0.4, 0.5) is 18.9 Å². The summed E-state index contributed by atoms with van der Waals surface area (Å²) in [5.41, 5.74) is 3.31. The van der Waals surface area contributed by atoms with Gasteiger partial charge in [0.1, 0.15) is 5.75 Å². The highest BCUT2D eigenvalue weighted by Crippen LogP contribution is 2.35. The Balaban J connectivity index is 1.64. The number of para-hydroxylation sites is 2. The Hall–Kier alpha value is -2.69. The van der Waals surface area contributed by atoms with E-state index in [1.165, 1.54) is 30.2 Å². The second kappa shape index (κ2) is 9.88. The molecule has 6 nitrogen and oxygen atoms in total. The van der Waals surface area contributed by atoms with Crippen LogP contribution in [0.25, 0.3) is 6.08 Å². The van der Waals surface area contributed by atoms with Crippen molar-refractivity contribution in [1.82, 2.24) is 9.79 Å². The Morgan fingerprint density at radius 1 is 1.07 bits per heavy atom. The van der Waals surface area contributed by atoms with Crippen molar-refractivity contribution in [3.63, 3.8) is 0 Å². The number of hydrogen-bond donors (Lipinski definition) is 2. The first-order valence-corrected chi connectivity index (χ1v) is 9.87. The molecule has 0 spiro atoms. The zero-order chi connectivity index (χ0) is 21.6. The number of piperazine rings is 1. The van der Waals surface area contributed by atoms with Crippen LogP contribution in [0.2, 0.25) is 0 Å². The standard InChI is InChI=1S/C20H20F3N3O3S/c21-20(22,23)29-17-7-3-4-8-18(17)30-26-13-11-25(12-14-26)16-6-2-1-5-15(16)9-10-19(27)24-28/h1-10,28H,11-14H2,(H,24,27)/b10-9+. The molecule has 160 valence electrons. The van der Waals surface area contributed by atoms with Crippen molar-refractivity contribution in [3.05, 3.63) is 60.2 Å². The van der Waals surface area contributed by atoms with Gasteiger partial charge < -0.3 is 9.64 Å². The largest absolute Gasteiger partial charge is 0.573 e.